The SMILES string of the molecule is CC(=O)n1cc(Nc2c[nH]c3ccccc23)c2ccccc21. The first-order valence-electron chi connectivity index (χ1n) is 7.18. The van der Waals surface area contributed by atoms with Gasteiger partial charge in [0, 0.05) is 35.6 Å². The number of carbonyl (C=O) groups excluding carboxylic acids is 1. The number of fused-ring (bicyclic) bond motifs is 2. The van der Waals surface area contributed by atoms with Gasteiger partial charge >= 0.3 is 0 Å². The van der Waals surface area contributed by atoms with Crippen LogP contribution in [0.5, 0.6) is 0 Å². The first kappa shape index (κ1) is 12.7. The molecule has 0 spiro atoms. The van der Waals surface area contributed by atoms with Gasteiger partial charge in [-0.1, -0.05) is 36.4 Å². The number of para-hydroxylation sites is 2. The van der Waals surface area contributed by atoms with Crippen LogP contribution < -0.4 is 5.32 Å². The average Bonchev–Trinajstić information content (AvgIpc) is 3.11. The lowest BCUT2D eigenvalue weighted by atomic mass is 10.2. The quantitative estimate of drug-likeness (QED) is 0.569. The van der Waals surface area contributed by atoms with E-state index in [9.17, 15) is 4.79 Å². The molecule has 22 heavy (non-hydrogen) atoms. The van der Waals surface area contributed by atoms with Gasteiger partial charge in [-0.15, -0.1) is 0 Å². The molecule has 0 aliphatic heterocycles. The van der Waals surface area contributed by atoms with Gasteiger partial charge in [-0.05, 0) is 12.1 Å². The van der Waals surface area contributed by atoms with E-state index >= 15 is 0 Å². The molecule has 0 saturated heterocycles. The highest BCUT2D eigenvalue weighted by Crippen LogP contribution is 2.31. The van der Waals surface area contributed by atoms with Crippen molar-refractivity contribution in [2.75, 3.05) is 5.32 Å². The summed E-state index contributed by atoms with van der Waals surface area (Å²) in [5, 5.41) is 5.60. The van der Waals surface area contributed by atoms with Gasteiger partial charge in [-0.2, -0.15) is 0 Å². The van der Waals surface area contributed by atoms with Gasteiger partial charge in [-0.3, -0.25) is 9.36 Å². The summed E-state index contributed by atoms with van der Waals surface area (Å²) >= 11 is 0. The van der Waals surface area contributed by atoms with E-state index in [0.29, 0.717) is 0 Å². The average molecular weight is 289 g/mol. The van der Waals surface area contributed by atoms with E-state index in [1.165, 1.54) is 0 Å². The minimum absolute atomic E-state index is 0.00294. The van der Waals surface area contributed by atoms with Crippen molar-refractivity contribution in [3.05, 3.63) is 60.9 Å². The van der Waals surface area contributed by atoms with Crippen LogP contribution in [0, 0.1) is 0 Å². The lowest BCUT2D eigenvalue weighted by molar-refractivity contribution is 0.0942. The first-order valence-corrected chi connectivity index (χ1v) is 7.18. The second kappa shape index (κ2) is 4.77. The largest absolute Gasteiger partial charge is 0.359 e. The van der Waals surface area contributed by atoms with Crippen LogP contribution >= 0.6 is 0 Å². The van der Waals surface area contributed by atoms with Crippen molar-refractivity contribution in [3.8, 4) is 0 Å². The number of nitrogens with zero attached hydrogens (tertiary/aromatic N) is 1. The number of nitrogens with one attached hydrogen (secondary N) is 2. The zero-order valence-corrected chi connectivity index (χ0v) is 12.1. The van der Waals surface area contributed by atoms with Crippen molar-refractivity contribution in [2.45, 2.75) is 6.92 Å². The highest BCUT2D eigenvalue weighted by atomic mass is 16.1. The molecule has 2 heterocycles. The van der Waals surface area contributed by atoms with Crippen molar-refractivity contribution in [3.63, 3.8) is 0 Å². The van der Waals surface area contributed by atoms with Gasteiger partial charge < -0.3 is 10.3 Å². The molecule has 0 radical (unpaired) electrons. The maximum Gasteiger partial charge on any atom is 0.228 e. The zero-order chi connectivity index (χ0) is 15.1. The summed E-state index contributed by atoms with van der Waals surface area (Å²) in [7, 11) is 0. The third kappa shape index (κ3) is 1.89. The molecule has 0 atom stereocenters. The monoisotopic (exact) mass is 289 g/mol. The molecule has 2 aromatic carbocycles. The molecule has 0 amide bonds. The molecule has 0 aliphatic rings. The fourth-order valence-electron chi connectivity index (χ4n) is 2.86. The lowest BCUT2D eigenvalue weighted by Crippen LogP contribution is -2.02. The van der Waals surface area contributed by atoms with Crippen LogP contribution in [-0.4, -0.2) is 15.5 Å². The van der Waals surface area contributed by atoms with Gasteiger partial charge in [0.2, 0.25) is 5.91 Å². The Hall–Kier alpha value is -3.01. The summed E-state index contributed by atoms with van der Waals surface area (Å²) in [4.78, 5) is 15.1. The number of aromatic amines is 1. The molecule has 4 heteroatoms. The number of H-pyrrole nitrogens is 1. The Kier molecular flexibility index (Phi) is 2.76. The fourth-order valence-corrected chi connectivity index (χ4v) is 2.86. The Bertz CT molecular complexity index is 994. The van der Waals surface area contributed by atoms with Crippen LogP contribution in [0.3, 0.4) is 0 Å². The summed E-state index contributed by atoms with van der Waals surface area (Å²) < 4.78 is 1.67. The van der Waals surface area contributed by atoms with Crippen LogP contribution in [-0.2, 0) is 0 Å². The predicted molar refractivity (Wildman–Crippen MR) is 89.8 cm³/mol. The molecule has 4 aromatic rings. The number of hydrogen-bond donors (Lipinski definition) is 2. The fraction of sp³-hybridized carbons (Fsp3) is 0.0556. The van der Waals surface area contributed by atoms with Crippen LogP contribution in [0.4, 0.5) is 11.4 Å². The summed E-state index contributed by atoms with van der Waals surface area (Å²) in [5.41, 5.74) is 3.93. The van der Waals surface area contributed by atoms with Crippen LogP contribution in [0.2, 0.25) is 0 Å². The maximum absolute atomic E-state index is 11.8. The molecule has 0 bridgehead atoms. The van der Waals surface area contributed by atoms with Gasteiger partial charge in [0.25, 0.3) is 0 Å². The molecule has 2 N–H and O–H groups in total. The Morgan fingerprint density at radius 3 is 2.55 bits per heavy atom. The Morgan fingerprint density at radius 2 is 1.73 bits per heavy atom. The number of benzene rings is 2. The maximum atomic E-state index is 11.8. The first-order chi connectivity index (χ1) is 10.7. The number of carbonyl (C=O) groups is 1. The van der Waals surface area contributed by atoms with Gasteiger partial charge in [0.1, 0.15) is 0 Å². The summed E-state index contributed by atoms with van der Waals surface area (Å²) in [6, 6.07) is 16.0. The van der Waals surface area contributed by atoms with Crippen LogP contribution in [0.25, 0.3) is 21.8 Å². The van der Waals surface area contributed by atoms with Gasteiger partial charge in [0.15, 0.2) is 0 Å². The topological polar surface area (TPSA) is 49.8 Å². The minimum Gasteiger partial charge on any atom is -0.359 e. The molecule has 0 saturated carbocycles. The standard InChI is InChI=1S/C18H15N3O/c1-12(22)21-11-17(14-7-3-5-9-18(14)21)20-16-10-19-15-8-4-2-6-13(15)16/h2-11,19-20H,1H3. The second-order valence-corrected chi connectivity index (χ2v) is 5.32. The molecular weight excluding hydrogens is 274 g/mol. The molecular formula is C18H15N3O. The normalized spacial score (nSPS) is 11.1. The lowest BCUT2D eigenvalue weighted by Gasteiger charge is -2.03. The van der Waals surface area contributed by atoms with Crippen LogP contribution in [0.1, 0.15) is 11.7 Å². The van der Waals surface area contributed by atoms with E-state index in [4.69, 9.17) is 0 Å². The highest BCUT2D eigenvalue weighted by Gasteiger charge is 2.12. The van der Waals surface area contributed by atoms with E-state index < -0.39 is 0 Å². The third-order valence-corrected chi connectivity index (χ3v) is 3.91. The van der Waals surface area contributed by atoms with Crippen LogP contribution in [0.15, 0.2) is 60.9 Å². The molecule has 0 fully saturated rings. The Balaban J connectivity index is 1.86. The van der Waals surface area contributed by atoms with Crippen molar-refractivity contribution >= 4 is 39.1 Å². The smallest absolute Gasteiger partial charge is 0.228 e. The predicted octanol–water partition coefficient (Wildman–Crippen LogP) is 4.53. The van der Waals surface area contributed by atoms with E-state index in [-0.39, 0.29) is 5.91 Å². The Labute approximate surface area is 127 Å². The van der Waals surface area contributed by atoms with Crippen molar-refractivity contribution < 1.29 is 4.79 Å². The van der Waals surface area contributed by atoms with Gasteiger partial charge in [-0.25, -0.2) is 0 Å². The van der Waals surface area contributed by atoms with Crippen molar-refractivity contribution in [1.29, 1.82) is 0 Å². The minimum atomic E-state index is 0.00294. The van der Waals surface area contributed by atoms with Crippen molar-refractivity contribution in [1.82, 2.24) is 9.55 Å². The molecule has 0 aliphatic carbocycles. The summed E-state index contributed by atoms with van der Waals surface area (Å²) in [5.74, 6) is 0.00294. The molecule has 0 unspecified atom stereocenters. The third-order valence-electron chi connectivity index (χ3n) is 3.91. The second-order valence-electron chi connectivity index (χ2n) is 5.32. The number of rotatable bonds is 2. The number of anilines is 2. The highest BCUT2D eigenvalue weighted by molar-refractivity contribution is 6.03. The summed E-state index contributed by atoms with van der Waals surface area (Å²) in [6.07, 6.45) is 3.80. The van der Waals surface area contributed by atoms with Crippen molar-refractivity contribution in [2.24, 2.45) is 0 Å². The van der Waals surface area contributed by atoms with E-state index in [1.807, 2.05) is 54.9 Å². The van der Waals surface area contributed by atoms with E-state index in [0.717, 1.165) is 33.2 Å². The zero-order valence-electron chi connectivity index (χ0n) is 12.1. The van der Waals surface area contributed by atoms with E-state index in [1.54, 1.807) is 11.5 Å². The van der Waals surface area contributed by atoms with E-state index in [2.05, 4.69) is 16.4 Å². The number of aromatic nitrogens is 2. The van der Waals surface area contributed by atoms with Gasteiger partial charge in [0.05, 0.1) is 16.9 Å². The summed E-state index contributed by atoms with van der Waals surface area (Å²) in [6.45, 7) is 1.57. The Morgan fingerprint density at radius 1 is 1.00 bits per heavy atom. The number of hydrogen-bond acceptors (Lipinski definition) is 2. The molecule has 4 rings (SSSR count). The molecule has 4 nitrogen and oxygen atoms in total. The molecule has 108 valence electrons. The molecule has 2 aromatic heterocycles.